The largest absolute Gasteiger partial charge is 0.482 e. The van der Waals surface area contributed by atoms with Gasteiger partial charge in [-0.15, -0.1) is 0 Å². The Bertz CT molecular complexity index is 889. The molecule has 0 amide bonds. The smallest absolute Gasteiger partial charge is 0.344 e. The Morgan fingerprint density at radius 3 is 2.46 bits per heavy atom. The first-order chi connectivity index (χ1) is 12.5. The number of hydrogen-bond acceptors (Lipinski definition) is 4. The topological polar surface area (TPSA) is 53.4 Å². The molecule has 0 fully saturated rings. The zero-order valence-electron chi connectivity index (χ0n) is 14.6. The predicted molar refractivity (Wildman–Crippen MR) is 102 cm³/mol. The van der Waals surface area contributed by atoms with Crippen LogP contribution in [0.2, 0.25) is 0 Å². The molecule has 0 radical (unpaired) electrons. The van der Waals surface area contributed by atoms with Gasteiger partial charge in [-0.1, -0.05) is 34.1 Å². The molecule has 0 saturated heterocycles. The number of carbonyl (C=O) groups excluding carboxylic acids is 1. The van der Waals surface area contributed by atoms with Gasteiger partial charge in [-0.2, -0.15) is 5.10 Å². The Morgan fingerprint density at radius 1 is 1.08 bits per heavy atom. The van der Waals surface area contributed by atoms with E-state index in [1.807, 2.05) is 61.0 Å². The van der Waals surface area contributed by atoms with Crippen LogP contribution < -0.4 is 4.74 Å². The Hall–Kier alpha value is -2.60. The fraction of sp³-hybridized carbons (Fsp3) is 0.200. The molecule has 1 heterocycles. The van der Waals surface area contributed by atoms with Gasteiger partial charge in [0.1, 0.15) is 12.4 Å². The van der Waals surface area contributed by atoms with Gasteiger partial charge in [0.25, 0.3) is 0 Å². The van der Waals surface area contributed by atoms with E-state index in [1.54, 1.807) is 12.1 Å². The second kappa shape index (κ2) is 8.19. The highest BCUT2D eigenvalue weighted by atomic mass is 79.9. The van der Waals surface area contributed by atoms with Crippen LogP contribution in [-0.2, 0) is 16.1 Å². The molecule has 3 rings (SSSR count). The molecular weight excluding hydrogens is 396 g/mol. The van der Waals surface area contributed by atoms with E-state index in [2.05, 4.69) is 21.0 Å². The van der Waals surface area contributed by atoms with Gasteiger partial charge >= 0.3 is 5.97 Å². The summed E-state index contributed by atoms with van der Waals surface area (Å²) in [5.41, 5.74) is 3.68. The SMILES string of the molecule is Cc1nn(-c2ccccc2)c(C)c1COC(=O)COc1ccc(Br)cc1. The van der Waals surface area contributed by atoms with Gasteiger partial charge in [0.2, 0.25) is 0 Å². The molecule has 0 aliphatic rings. The van der Waals surface area contributed by atoms with Crippen molar-refractivity contribution in [1.29, 1.82) is 0 Å². The van der Waals surface area contributed by atoms with Gasteiger partial charge in [-0.25, -0.2) is 9.48 Å². The van der Waals surface area contributed by atoms with E-state index >= 15 is 0 Å². The minimum Gasteiger partial charge on any atom is -0.482 e. The van der Waals surface area contributed by atoms with Crippen LogP contribution in [-0.4, -0.2) is 22.4 Å². The van der Waals surface area contributed by atoms with Crippen LogP contribution in [0.4, 0.5) is 0 Å². The standard InChI is InChI=1S/C20H19BrN2O3/c1-14-19(15(2)23(22-14)17-6-4-3-5-7-17)12-26-20(24)13-25-18-10-8-16(21)9-11-18/h3-11H,12-13H2,1-2H3. The predicted octanol–water partition coefficient (Wildman–Crippen LogP) is 4.37. The van der Waals surface area contributed by atoms with Crippen LogP contribution in [0.1, 0.15) is 17.0 Å². The van der Waals surface area contributed by atoms with E-state index < -0.39 is 5.97 Å². The lowest BCUT2D eigenvalue weighted by Crippen LogP contribution is -2.15. The minimum atomic E-state index is -0.417. The molecule has 0 bridgehead atoms. The number of nitrogens with zero attached hydrogens (tertiary/aromatic N) is 2. The van der Waals surface area contributed by atoms with Gasteiger partial charge in [0.15, 0.2) is 6.61 Å². The molecule has 134 valence electrons. The third-order valence-corrected chi connectivity index (χ3v) is 4.52. The van der Waals surface area contributed by atoms with E-state index in [-0.39, 0.29) is 13.2 Å². The maximum absolute atomic E-state index is 12.0. The third kappa shape index (κ3) is 4.32. The van der Waals surface area contributed by atoms with Crippen LogP contribution in [0.25, 0.3) is 5.69 Å². The lowest BCUT2D eigenvalue weighted by Gasteiger charge is -2.08. The lowest BCUT2D eigenvalue weighted by atomic mass is 10.2. The first-order valence-electron chi connectivity index (χ1n) is 8.19. The Balaban J connectivity index is 1.60. The summed E-state index contributed by atoms with van der Waals surface area (Å²) < 4.78 is 13.6. The number of benzene rings is 2. The number of aromatic nitrogens is 2. The molecule has 2 aromatic carbocycles. The van der Waals surface area contributed by atoms with Gasteiger partial charge in [0.05, 0.1) is 11.4 Å². The van der Waals surface area contributed by atoms with Gasteiger partial charge < -0.3 is 9.47 Å². The monoisotopic (exact) mass is 414 g/mol. The van der Waals surface area contributed by atoms with Crippen LogP contribution >= 0.6 is 15.9 Å². The molecule has 5 nitrogen and oxygen atoms in total. The number of ether oxygens (including phenoxy) is 2. The minimum absolute atomic E-state index is 0.132. The number of esters is 1. The van der Waals surface area contributed by atoms with Crippen molar-refractivity contribution in [3.63, 3.8) is 0 Å². The zero-order valence-corrected chi connectivity index (χ0v) is 16.2. The third-order valence-electron chi connectivity index (χ3n) is 3.99. The van der Waals surface area contributed by atoms with E-state index in [1.165, 1.54) is 0 Å². The van der Waals surface area contributed by atoms with Crippen molar-refractivity contribution in [1.82, 2.24) is 9.78 Å². The normalized spacial score (nSPS) is 10.6. The highest BCUT2D eigenvalue weighted by molar-refractivity contribution is 9.10. The molecule has 0 N–H and O–H groups in total. The highest BCUT2D eigenvalue weighted by Gasteiger charge is 2.15. The summed E-state index contributed by atoms with van der Waals surface area (Å²) in [6, 6.07) is 17.1. The molecule has 6 heteroatoms. The number of halogens is 1. The molecule has 0 unspecified atom stereocenters. The molecule has 0 aliphatic carbocycles. The molecular formula is C20H19BrN2O3. The number of rotatable bonds is 6. The molecule has 0 aliphatic heterocycles. The van der Waals surface area contributed by atoms with Crippen molar-refractivity contribution in [2.75, 3.05) is 6.61 Å². The van der Waals surface area contributed by atoms with Gasteiger partial charge in [0, 0.05) is 15.7 Å². The van der Waals surface area contributed by atoms with Crippen LogP contribution in [0.5, 0.6) is 5.75 Å². The number of carbonyl (C=O) groups is 1. The summed E-state index contributed by atoms with van der Waals surface area (Å²) in [6.45, 7) is 3.92. The Kier molecular flexibility index (Phi) is 5.73. The van der Waals surface area contributed by atoms with Crippen LogP contribution in [0.3, 0.4) is 0 Å². The van der Waals surface area contributed by atoms with Crippen molar-refractivity contribution >= 4 is 21.9 Å². The van der Waals surface area contributed by atoms with Crippen molar-refractivity contribution in [2.45, 2.75) is 20.5 Å². The van der Waals surface area contributed by atoms with E-state index in [0.29, 0.717) is 5.75 Å². The molecule has 0 atom stereocenters. The molecule has 3 aromatic rings. The maximum atomic E-state index is 12.0. The van der Waals surface area contributed by atoms with Gasteiger partial charge in [-0.3, -0.25) is 0 Å². The summed E-state index contributed by atoms with van der Waals surface area (Å²) >= 11 is 3.35. The summed E-state index contributed by atoms with van der Waals surface area (Å²) in [7, 11) is 0. The molecule has 1 aromatic heterocycles. The highest BCUT2D eigenvalue weighted by Crippen LogP contribution is 2.19. The van der Waals surface area contributed by atoms with Crippen LogP contribution in [0, 0.1) is 13.8 Å². The summed E-state index contributed by atoms with van der Waals surface area (Å²) in [6.07, 6.45) is 0. The number of hydrogen-bond donors (Lipinski definition) is 0. The molecule has 0 saturated carbocycles. The maximum Gasteiger partial charge on any atom is 0.344 e. The summed E-state index contributed by atoms with van der Waals surface area (Å²) in [5, 5.41) is 4.55. The molecule has 0 spiro atoms. The van der Waals surface area contributed by atoms with Crippen molar-refractivity contribution in [3.05, 3.63) is 76.0 Å². The summed E-state index contributed by atoms with van der Waals surface area (Å²) in [4.78, 5) is 12.0. The first kappa shape index (κ1) is 18.2. The number of aryl methyl sites for hydroxylation is 1. The number of para-hydroxylation sites is 1. The summed E-state index contributed by atoms with van der Waals surface area (Å²) in [5.74, 6) is 0.202. The fourth-order valence-corrected chi connectivity index (χ4v) is 2.84. The van der Waals surface area contributed by atoms with Crippen LogP contribution in [0.15, 0.2) is 59.1 Å². The Labute approximate surface area is 160 Å². The van der Waals surface area contributed by atoms with Gasteiger partial charge in [-0.05, 0) is 50.2 Å². The average molecular weight is 415 g/mol. The molecule has 26 heavy (non-hydrogen) atoms. The van der Waals surface area contributed by atoms with E-state index in [4.69, 9.17) is 9.47 Å². The first-order valence-corrected chi connectivity index (χ1v) is 8.98. The van der Waals surface area contributed by atoms with Crippen molar-refractivity contribution in [3.8, 4) is 11.4 Å². The van der Waals surface area contributed by atoms with E-state index in [0.717, 1.165) is 27.1 Å². The average Bonchev–Trinajstić information content (AvgIpc) is 2.94. The van der Waals surface area contributed by atoms with Crippen molar-refractivity contribution in [2.24, 2.45) is 0 Å². The quantitative estimate of drug-likeness (QED) is 0.561. The second-order valence-electron chi connectivity index (χ2n) is 5.80. The Morgan fingerprint density at radius 2 is 1.77 bits per heavy atom. The second-order valence-corrected chi connectivity index (χ2v) is 6.72. The van der Waals surface area contributed by atoms with Crippen molar-refractivity contribution < 1.29 is 14.3 Å². The zero-order chi connectivity index (χ0) is 18.5. The van der Waals surface area contributed by atoms with E-state index in [9.17, 15) is 4.79 Å². The lowest BCUT2D eigenvalue weighted by molar-refractivity contribution is -0.147. The fourth-order valence-electron chi connectivity index (χ4n) is 2.57.